The average Bonchev–Trinajstić information content (AvgIpc) is 3.25. The summed E-state index contributed by atoms with van der Waals surface area (Å²) in [5, 5.41) is 9.73. The molecular formula is C28H40ClN5O3Si. The van der Waals surface area contributed by atoms with Gasteiger partial charge in [0, 0.05) is 51.0 Å². The minimum atomic E-state index is -1.14. The number of benzene rings is 1. The highest BCUT2D eigenvalue weighted by Gasteiger charge is 2.27. The number of ether oxygens (including phenoxy) is 2. The van der Waals surface area contributed by atoms with Crippen LogP contribution in [0.4, 0.5) is 10.6 Å². The molecule has 0 saturated carbocycles. The molecule has 0 unspecified atom stereocenters. The molecule has 1 amide bonds. The first kappa shape index (κ1) is 28.4. The number of aromatic nitrogens is 3. The van der Waals surface area contributed by atoms with E-state index in [0.29, 0.717) is 24.8 Å². The smallest absolute Gasteiger partial charge is 0.410 e. The number of halogens is 1. The fraction of sp³-hybridized carbons (Fsp3) is 0.536. The van der Waals surface area contributed by atoms with E-state index in [9.17, 15) is 4.79 Å². The number of carbonyl (C=O) groups excluding carboxylic acids is 1. The van der Waals surface area contributed by atoms with Crippen LogP contribution in [0.2, 0.25) is 30.7 Å². The molecule has 0 bridgehead atoms. The third-order valence-electron chi connectivity index (χ3n) is 6.54. The number of fused-ring (bicyclic) bond motifs is 1. The van der Waals surface area contributed by atoms with Gasteiger partial charge in [0.1, 0.15) is 18.1 Å². The monoisotopic (exact) mass is 557 g/mol. The van der Waals surface area contributed by atoms with E-state index in [2.05, 4.69) is 47.2 Å². The lowest BCUT2D eigenvalue weighted by molar-refractivity contribution is 0.0210. The molecule has 1 aliphatic rings. The lowest BCUT2D eigenvalue weighted by Gasteiger charge is -2.34. The van der Waals surface area contributed by atoms with Crippen molar-refractivity contribution in [3.63, 3.8) is 0 Å². The van der Waals surface area contributed by atoms with Crippen molar-refractivity contribution in [2.45, 2.75) is 77.7 Å². The zero-order valence-corrected chi connectivity index (χ0v) is 25.1. The van der Waals surface area contributed by atoms with Crippen LogP contribution in [0, 0.1) is 0 Å². The van der Waals surface area contributed by atoms with Gasteiger partial charge in [0.05, 0.1) is 16.7 Å². The summed E-state index contributed by atoms with van der Waals surface area (Å²) in [6.07, 6.45) is 4.95. The fourth-order valence-corrected chi connectivity index (χ4v) is 5.40. The van der Waals surface area contributed by atoms with Gasteiger partial charge in [-0.25, -0.2) is 14.5 Å². The lowest BCUT2D eigenvalue weighted by Crippen LogP contribution is -2.44. The number of likely N-dealkylation sites (tertiary alicyclic amines) is 1. The maximum atomic E-state index is 12.4. The summed E-state index contributed by atoms with van der Waals surface area (Å²) < 4.78 is 13.3. The number of anilines is 1. The molecule has 2 aromatic heterocycles. The Morgan fingerprint density at radius 2 is 1.89 bits per heavy atom. The second-order valence-corrected chi connectivity index (χ2v) is 18.2. The molecule has 0 atom stereocenters. The van der Waals surface area contributed by atoms with Gasteiger partial charge in [-0.05, 0) is 57.4 Å². The Bertz CT molecular complexity index is 1260. The van der Waals surface area contributed by atoms with Gasteiger partial charge < -0.3 is 19.7 Å². The SMILES string of the molecule is CC(C)(C)OC(=O)N1CCC(Nc2cc(-c3cccc4c3cnn4COCC[Si](C)(C)C)c(Cl)cn2)CC1. The Labute approximate surface area is 231 Å². The summed E-state index contributed by atoms with van der Waals surface area (Å²) in [5.41, 5.74) is 2.43. The van der Waals surface area contributed by atoms with E-state index in [1.165, 1.54) is 0 Å². The highest BCUT2D eigenvalue weighted by Crippen LogP contribution is 2.35. The van der Waals surface area contributed by atoms with Crippen molar-refractivity contribution >= 4 is 42.5 Å². The van der Waals surface area contributed by atoms with E-state index in [1.54, 1.807) is 11.1 Å². The minimum Gasteiger partial charge on any atom is -0.444 e. The number of carbonyl (C=O) groups is 1. The zero-order chi connectivity index (χ0) is 27.5. The molecular weight excluding hydrogens is 518 g/mol. The quantitative estimate of drug-likeness (QED) is 0.240. The number of hydrogen-bond acceptors (Lipinski definition) is 6. The van der Waals surface area contributed by atoms with E-state index < -0.39 is 13.7 Å². The molecule has 10 heteroatoms. The van der Waals surface area contributed by atoms with Crippen molar-refractivity contribution in [3.8, 4) is 11.1 Å². The standard InChI is InChI=1S/C28H40ClN5O3Si/c1-28(2,3)37-27(35)33-12-10-20(11-13-33)32-26-16-22(24(29)18-30-26)21-8-7-9-25-23(21)17-31-34(25)19-36-14-15-38(4,5)6/h7-9,16-18,20H,10-15,19H2,1-6H3,(H,30,32). The summed E-state index contributed by atoms with van der Waals surface area (Å²) in [7, 11) is -1.14. The maximum Gasteiger partial charge on any atom is 0.410 e. The first-order valence-corrected chi connectivity index (χ1v) is 17.4. The van der Waals surface area contributed by atoms with Crippen LogP contribution in [0.1, 0.15) is 33.6 Å². The summed E-state index contributed by atoms with van der Waals surface area (Å²) in [6.45, 7) is 15.2. The van der Waals surface area contributed by atoms with Gasteiger partial charge in [-0.1, -0.05) is 43.4 Å². The van der Waals surface area contributed by atoms with E-state index in [4.69, 9.17) is 21.1 Å². The van der Waals surface area contributed by atoms with Crippen LogP contribution in [0.15, 0.2) is 36.7 Å². The lowest BCUT2D eigenvalue weighted by atomic mass is 10.0. The van der Waals surface area contributed by atoms with Crippen LogP contribution < -0.4 is 5.32 Å². The Morgan fingerprint density at radius 1 is 1.16 bits per heavy atom. The number of nitrogens with one attached hydrogen (secondary N) is 1. The first-order chi connectivity index (χ1) is 17.9. The number of piperidine rings is 1. The molecule has 1 aromatic carbocycles. The van der Waals surface area contributed by atoms with E-state index in [-0.39, 0.29) is 12.1 Å². The molecule has 4 rings (SSSR count). The average molecular weight is 558 g/mol. The van der Waals surface area contributed by atoms with Gasteiger partial charge in [-0.2, -0.15) is 5.10 Å². The Balaban J connectivity index is 1.44. The Morgan fingerprint density at radius 3 is 2.58 bits per heavy atom. The normalized spacial score (nSPS) is 15.2. The van der Waals surface area contributed by atoms with Crippen LogP contribution >= 0.6 is 11.6 Å². The number of pyridine rings is 1. The van der Waals surface area contributed by atoms with Crippen LogP contribution in [0.25, 0.3) is 22.0 Å². The van der Waals surface area contributed by atoms with Gasteiger partial charge in [0.2, 0.25) is 0 Å². The molecule has 0 radical (unpaired) electrons. The van der Waals surface area contributed by atoms with E-state index in [1.807, 2.05) is 43.8 Å². The number of hydrogen-bond donors (Lipinski definition) is 1. The van der Waals surface area contributed by atoms with E-state index >= 15 is 0 Å². The van der Waals surface area contributed by atoms with Gasteiger partial charge in [-0.3, -0.25) is 0 Å². The fourth-order valence-electron chi connectivity index (χ4n) is 4.44. The largest absolute Gasteiger partial charge is 0.444 e. The van der Waals surface area contributed by atoms with Gasteiger partial charge in [0.15, 0.2) is 0 Å². The number of amides is 1. The Kier molecular flexibility index (Phi) is 8.69. The molecule has 1 fully saturated rings. The third kappa shape index (κ3) is 7.48. The minimum absolute atomic E-state index is 0.210. The first-order valence-electron chi connectivity index (χ1n) is 13.3. The summed E-state index contributed by atoms with van der Waals surface area (Å²) in [5.74, 6) is 0.763. The molecule has 3 aromatic rings. The van der Waals surface area contributed by atoms with E-state index in [0.717, 1.165) is 53.3 Å². The zero-order valence-electron chi connectivity index (χ0n) is 23.4. The predicted octanol–water partition coefficient (Wildman–Crippen LogP) is 6.88. The van der Waals surface area contributed by atoms with Crippen molar-refractivity contribution in [1.29, 1.82) is 0 Å². The van der Waals surface area contributed by atoms with Crippen LogP contribution in [-0.4, -0.2) is 65.2 Å². The van der Waals surface area contributed by atoms with Crippen molar-refractivity contribution < 1.29 is 14.3 Å². The highest BCUT2D eigenvalue weighted by molar-refractivity contribution is 6.76. The molecule has 1 aliphatic heterocycles. The van der Waals surface area contributed by atoms with Crippen molar-refractivity contribution in [1.82, 2.24) is 19.7 Å². The number of rotatable bonds is 8. The highest BCUT2D eigenvalue weighted by atomic mass is 35.5. The van der Waals surface area contributed by atoms with Gasteiger partial charge in [0.25, 0.3) is 0 Å². The molecule has 0 aliphatic carbocycles. The predicted molar refractivity (Wildman–Crippen MR) is 157 cm³/mol. The second kappa shape index (κ2) is 11.6. The van der Waals surface area contributed by atoms with Crippen LogP contribution in [0.3, 0.4) is 0 Å². The van der Waals surface area contributed by atoms with Crippen LogP contribution in [0.5, 0.6) is 0 Å². The summed E-state index contributed by atoms with van der Waals surface area (Å²) >= 11 is 6.64. The number of nitrogens with zero attached hydrogens (tertiary/aromatic N) is 4. The molecule has 0 spiro atoms. The van der Waals surface area contributed by atoms with Crippen molar-refractivity contribution in [3.05, 3.63) is 41.7 Å². The molecule has 206 valence electrons. The molecule has 38 heavy (non-hydrogen) atoms. The molecule has 8 nitrogen and oxygen atoms in total. The van der Waals surface area contributed by atoms with Crippen LogP contribution in [-0.2, 0) is 16.2 Å². The molecule has 1 N–H and O–H groups in total. The van der Waals surface area contributed by atoms with Gasteiger partial charge in [-0.15, -0.1) is 0 Å². The van der Waals surface area contributed by atoms with Crippen molar-refractivity contribution in [2.75, 3.05) is 25.0 Å². The van der Waals surface area contributed by atoms with Gasteiger partial charge >= 0.3 is 6.09 Å². The summed E-state index contributed by atoms with van der Waals surface area (Å²) in [4.78, 5) is 18.7. The topological polar surface area (TPSA) is 81.5 Å². The Hall–Kier alpha value is -2.62. The maximum absolute atomic E-state index is 12.4. The molecule has 1 saturated heterocycles. The third-order valence-corrected chi connectivity index (χ3v) is 8.55. The summed E-state index contributed by atoms with van der Waals surface area (Å²) in [6, 6.07) is 9.47. The molecule has 3 heterocycles. The van der Waals surface area contributed by atoms with Crippen molar-refractivity contribution in [2.24, 2.45) is 0 Å². The second-order valence-electron chi connectivity index (χ2n) is 12.2.